The minimum atomic E-state index is -4.39. The van der Waals surface area contributed by atoms with Gasteiger partial charge in [-0.2, -0.15) is 13.2 Å². The third-order valence-corrected chi connectivity index (χ3v) is 3.91. The van der Waals surface area contributed by atoms with Crippen LogP contribution in [-0.2, 0) is 11.3 Å². The van der Waals surface area contributed by atoms with Crippen molar-refractivity contribution in [3.8, 4) is 0 Å². The van der Waals surface area contributed by atoms with Crippen molar-refractivity contribution in [2.24, 2.45) is 0 Å². The molecule has 3 rings (SSSR count). The Morgan fingerprint density at radius 1 is 1.25 bits per heavy atom. The summed E-state index contributed by atoms with van der Waals surface area (Å²) in [6.07, 6.45) is -2.89. The molecule has 1 aromatic rings. The molecule has 20 heavy (non-hydrogen) atoms. The van der Waals surface area contributed by atoms with Gasteiger partial charge in [0, 0.05) is 12.2 Å². The third-order valence-electron chi connectivity index (χ3n) is 3.91. The summed E-state index contributed by atoms with van der Waals surface area (Å²) in [5, 5.41) is 0. The van der Waals surface area contributed by atoms with Gasteiger partial charge in [-0.25, -0.2) is 0 Å². The van der Waals surface area contributed by atoms with Gasteiger partial charge in [0.25, 0.3) is 0 Å². The Morgan fingerprint density at radius 2 is 2.00 bits per heavy atom. The number of benzene rings is 1. The molecule has 0 saturated carbocycles. The van der Waals surface area contributed by atoms with Crippen molar-refractivity contribution < 1.29 is 18.0 Å². The summed E-state index contributed by atoms with van der Waals surface area (Å²) in [6.45, 7) is 0.0960. The van der Waals surface area contributed by atoms with E-state index in [0.29, 0.717) is 18.7 Å². The fraction of sp³-hybridized carbons (Fsp3) is 0.500. The quantitative estimate of drug-likeness (QED) is 0.791. The molecule has 0 N–H and O–H groups in total. The number of amides is 1. The molecule has 1 fully saturated rings. The molecular formula is C14H15F3N2O. The van der Waals surface area contributed by atoms with E-state index in [1.54, 1.807) is 24.3 Å². The zero-order chi connectivity index (χ0) is 14.3. The van der Waals surface area contributed by atoms with Gasteiger partial charge in [0.15, 0.2) is 0 Å². The lowest BCUT2D eigenvalue weighted by atomic mass is 10.1. The van der Waals surface area contributed by atoms with E-state index in [-0.39, 0.29) is 0 Å². The van der Waals surface area contributed by atoms with Crippen LogP contribution >= 0.6 is 0 Å². The van der Waals surface area contributed by atoms with Crippen LogP contribution in [0.25, 0.3) is 0 Å². The standard InChI is InChI=1S/C14H15F3N2O/c15-14(16,17)9-19-11-5-2-1-4-10(11)8-18-7-3-6-12(18)13(19)20/h1-2,4-5,12H,3,6-9H2. The van der Waals surface area contributed by atoms with Crippen LogP contribution in [0.1, 0.15) is 18.4 Å². The van der Waals surface area contributed by atoms with Gasteiger partial charge in [0.2, 0.25) is 5.91 Å². The number of hydrogen-bond acceptors (Lipinski definition) is 2. The van der Waals surface area contributed by atoms with E-state index in [1.807, 2.05) is 4.90 Å². The first-order valence-electron chi connectivity index (χ1n) is 6.66. The van der Waals surface area contributed by atoms with Crippen molar-refractivity contribution in [3.05, 3.63) is 29.8 Å². The average molecular weight is 284 g/mol. The Balaban J connectivity index is 2.03. The maximum atomic E-state index is 12.8. The summed E-state index contributed by atoms with van der Waals surface area (Å²) in [5.41, 5.74) is 1.18. The first kappa shape index (κ1) is 13.4. The molecule has 108 valence electrons. The van der Waals surface area contributed by atoms with Crippen LogP contribution in [0.4, 0.5) is 18.9 Å². The molecule has 2 aliphatic heterocycles. The van der Waals surface area contributed by atoms with Crippen molar-refractivity contribution in [2.45, 2.75) is 31.6 Å². The lowest BCUT2D eigenvalue weighted by molar-refractivity contribution is -0.134. The number of nitrogens with zero attached hydrogens (tertiary/aromatic N) is 2. The van der Waals surface area contributed by atoms with E-state index in [2.05, 4.69) is 0 Å². The number of rotatable bonds is 1. The van der Waals surface area contributed by atoms with Crippen molar-refractivity contribution in [1.29, 1.82) is 0 Å². The zero-order valence-corrected chi connectivity index (χ0v) is 10.9. The summed E-state index contributed by atoms with van der Waals surface area (Å²) in [6, 6.07) is 6.45. The Labute approximate surface area is 115 Å². The molecular weight excluding hydrogens is 269 g/mol. The summed E-state index contributed by atoms with van der Waals surface area (Å²) >= 11 is 0. The van der Waals surface area contributed by atoms with Gasteiger partial charge < -0.3 is 4.90 Å². The van der Waals surface area contributed by atoms with E-state index < -0.39 is 24.7 Å². The molecule has 3 nitrogen and oxygen atoms in total. The minimum absolute atomic E-state index is 0.393. The predicted molar refractivity (Wildman–Crippen MR) is 68.3 cm³/mol. The molecule has 0 radical (unpaired) electrons. The highest BCUT2D eigenvalue weighted by atomic mass is 19.4. The highest BCUT2D eigenvalue weighted by Gasteiger charge is 2.42. The monoisotopic (exact) mass is 284 g/mol. The van der Waals surface area contributed by atoms with Crippen molar-refractivity contribution in [1.82, 2.24) is 4.90 Å². The molecule has 2 aliphatic rings. The molecule has 1 atom stereocenters. The minimum Gasteiger partial charge on any atom is -0.302 e. The zero-order valence-electron chi connectivity index (χ0n) is 10.9. The number of alkyl halides is 3. The molecule has 1 saturated heterocycles. The van der Waals surface area contributed by atoms with E-state index >= 15 is 0 Å². The highest BCUT2D eigenvalue weighted by molar-refractivity contribution is 5.98. The van der Waals surface area contributed by atoms with E-state index in [9.17, 15) is 18.0 Å². The lowest BCUT2D eigenvalue weighted by Gasteiger charge is -2.26. The molecule has 0 aromatic heterocycles. The normalized spacial score (nSPS) is 23.4. The van der Waals surface area contributed by atoms with Gasteiger partial charge in [-0.05, 0) is 31.0 Å². The van der Waals surface area contributed by atoms with Crippen LogP contribution in [0.15, 0.2) is 24.3 Å². The van der Waals surface area contributed by atoms with Crippen LogP contribution < -0.4 is 4.90 Å². The number of hydrogen-bond donors (Lipinski definition) is 0. The van der Waals surface area contributed by atoms with Crippen LogP contribution in [0, 0.1) is 0 Å². The second kappa shape index (κ2) is 4.77. The highest BCUT2D eigenvalue weighted by Crippen LogP contribution is 2.33. The molecule has 1 amide bonds. The predicted octanol–water partition coefficient (Wildman–Crippen LogP) is 2.56. The molecule has 0 aliphatic carbocycles. The van der Waals surface area contributed by atoms with Gasteiger partial charge in [-0.15, -0.1) is 0 Å². The second-order valence-corrected chi connectivity index (χ2v) is 5.30. The Kier molecular flexibility index (Phi) is 3.20. The topological polar surface area (TPSA) is 23.6 Å². The number of carbonyl (C=O) groups excluding carboxylic acids is 1. The second-order valence-electron chi connectivity index (χ2n) is 5.30. The summed E-state index contributed by atoms with van der Waals surface area (Å²) in [5.74, 6) is -0.426. The molecule has 6 heteroatoms. The van der Waals surface area contributed by atoms with Crippen LogP contribution in [0.5, 0.6) is 0 Å². The van der Waals surface area contributed by atoms with Gasteiger partial charge >= 0.3 is 6.18 Å². The SMILES string of the molecule is O=C1C2CCCN2Cc2ccccc2N1CC(F)(F)F. The van der Waals surface area contributed by atoms with Crippen LogP contribution in [0.2, 0.25) is 0 Å². The Bertz CT molecular complexity index is 529. The third kappa shape index (κ3) is 2.40. The van der Waals surface area contributed by atoms with Crippen LogP contribution in [-0.4, -0.2) is 36.1 Å². The molecule has 2 heterocycles. The smallest absolute Gasteiger partial charge is 0.302 e. The Morgan fingerprint density at radius 3 is 2.75 bits per heavy atom. The van der Waals surface area contributed by atoms with Crippen molar-refractivity contribution >= 4 is 11.6 Å². The molecule has 0 spiro atoms. The maximum Gasteiger partial charge on any atom is 0.406 e. The summed E-state index contributed by atoms with van der Waals surface area (Å²) in [7, 11) is 0. The molecule has 1 aromatic carbocycles. The Hall–Kier alpha value is -1.56. The largest absolute Gasteiger partial charge is 0.406 e. The van der Waals surface area contributed by atoms with Crippen molar-refractivity contribution in [3.63, 3.8) is 0 Å². The lowest BCUT2D eigenvalue weighted by Crippen LogP contribution is -2.46. The van der Waals surface area contributed by atoms with E-state index in [0.717, 1.165) is 23.4 Å². The fourth-order valence-corrected chi connectivity index (χ4v) is 3.06. The number of anilines is 1. The van der Waals surface area contributed by atoms with Gasteiger partial charge in [0.1, 0.15) is 6.54 Å². The first-order valence-corrected chi connectivity index (χ1v) is 6.66. The van der Waals surface area contributed by atoms with Gasteiger partial charge in [0.05, 0.1) is 6.04 Å². The molecule has 0 bridgehead atoms. The maximum absolute atomic E-state index is 12.8. The van der Waals surface area contributed by atoms with E-state index in [4.69, 9.17) is 0 Å². The average Bonchev–Trinajstić information content (AvgIpc) is 2.79. The summed E-state index contributed by atoms with van der Waals surface area (Å²) in [4.78, 5) is 15.3. The van der Waals surface area contributed by atoms with Gasteiger partial charge in [-0.3, -0.25) is 9.69 Å². The van der Waals surface area contributed by atoms with E-state index in [1.165, 1.54) is 0 Å². The number of fused-ring (bicyclic) bond motifs is 2. The summed E-state index contributed by atoms with van der Waals surface area (Å²) < 4.78 is 38.3. The number of carbonyl (C=O) groups is 1. The van der Waals surface area contributed by atoms with Crippen LogP contribution in [0.3, 0.4) is 0 Å². The number of para-hydroxylation sites is 1. The number of halogens is 3. The molecule has 1 unspecified atom stereocenters. The van der Waals surface area contributed by atoms with Crippen molar-refractivity contribution in [2.75, 3.05) is 18.0 Å². The first-order chi connectivity index (χ1) is 9.46. The van der Waals surface area contributed by atoms with Gasteiger partial charge in [-0.1, -0.05) is 18.2 Å². The fourth-order valence-electron chi connectivity index (χ4n) is 3.06.